The van der Waals surface area contributed by atoms with E-state index in [0.29, 0.717) is 12.0 Å². The van der Waals surface area contributed by atoms with Crippen LogP contribution in [0.25, 0.3) is 0 Å². The quantitative estimate of drug-likeness (QED) is 0.782. The van der Waals surface area contributed by atoms with Crippen molar-refractivity contribution in [2.45, 2.75) is 57.4 Å². The number of hydrogen-bond donors (Lipinski definition) is 0. The van der Waals surface area contributed by atoms with E-state index in [1.165, 1.54) is 38.5 Å². The summed E-state index contributed by atoms with van der Waals surface area (Å²) < 4.78 is 0. The molecule has 4 heteroatoms. The fourth-order valence-corrected chi connectivity index (χ4v) is 3.84. The molecule has 1 saturated carbocycles. The second-order valence-corrected chi connectivity index (χ2v) is 6.54. The zero-order chi connectivity index (χ0) is 12.5. The molecule has 18 heavy (non-hydrogen) atoms. The van der Waals surface area contributed by atoms with E-state index in [-0.39, 0.29) is 0 Å². The number of aromatic nitrogens is 1. The molecular formula is C14H20N2OS. The number of anilines is 1. The highest BCUT2D eigenvalue weighted by Gasteiger charge is 2.31. The monoisotopic (exact) mass is 264 g/mol. The van der Waals surface area contributed by atoms with Crippen molar-refractivity contribution >= 4 is 22.8 Å². The number of thiazole rings is 1. The van der Waals surface area contributed by atoms with Gasteiger partial charge in [-0.15, -0.1) is 0 Å². The lowest BCUT2D eigenvalue weighted by Gasteiger charge is -2.26. The first kappa shape index (κ1) is 12.2. The first-order chi connectivity index (χ1) is 8.79. The number of carbonyl (C=O) groups is 1. The van der Waals surface area contributed by atoms with Gasteiger partial charge in [-0.05, 0) is 32.6 Å². The summed E-state index contributed by atoms with van der Waals surface area (Å²) in [5.74, 6) is 0.567. The van der Waals surface area contributed by atoms with Crippen LogP contribution in [0.15, 0.2) is 0 Å². The van der Waals surface area contributed by atoms with E-state index < -0.39 is 0 Å². The Bertz CT molecular complexity index is 439. The maximum Gasteiger partial charge on any atom is 0.186 e. The molecule has 2 aliphatic rings. The number of nitrogens with zero attached hydrogens (tertiary/aromatic N) is 2. The Morgan fingerprint density at radius 1 is 1.28 bits per heavy atom. The van der Waals surface area contributed by atoms with Gasteiger partial charge >= 0.3 is 0 Å². The molecule has 3 nitrogen and oxygen atoms in total. The molecule has 1 aromatic heterocycles. The Balaban J connectivity index is 1.87. The average molecular weight is 264 g/mol. The van der Waals surface area contributed by atoms with Gasteiger partial charge in [0.05, 0.1) is 10.6 Å². The Hall–Kier alpha value is -0.900. The SMILES string of the molecule is CC1CCCCCN1c1nc(C2CC2)c(C=O)s1. The zero-order valence-corrected chi connectivity index (χ0v) is 11.7. The summed E-state index contributed by atoms with van der Waals surface area (Å²) in [5.41, 5.74) is 1.07. The van der Waals surface area contributed by atoms with Gasteiger partial charge in [0.1, 0.15) is 0 Å². The van der Waals surface area contributed by atoms with Gasteiger partial charge < -0.3 is 4.90 Å². The van der Waals surface area contributed by atoms with E-state index in [9.17, 15) is 4.79 Å². The van der Waals surface area contributed by atoms with Crippen molar-refractivity contribution in [1.82, 2.24) is 4.98 Å². The van der Waals surface area contributed by atoms with Crippen molar-refractivity contribution in [3.63, 3.8) is 0 Å². The molecule has 3 rings (SSSR count). The number of carbonyl (C=O) groups excluding carboxylic acids is 1. The molecule has 0 bridgehead atoms. The van der Waals surface area contributed by atoms with E-state index in [2.05, 4.69) is 11.8 Å². The molecule has 1 aliphatic heterocycles. The molecule has 1 atom stereocenters. The maximum absolute atomic E-state index is 11.2. The third kappa shape index (κ3) is 2.30. The minimum absolute atomic E-state index is 0.560. The first-order valence-electron chi connectivity index (χ1n) is 7.02. The third-order valence-corrected chi connectivity index (χ3v) is 5.07. The molecule has 1 unspecified atom stereocenters. The normalized spacial score (nSPS) is 24.9. The molecule has 98 valence electrons. The first-order valence-corrected chi connectivity index (χ1v) is 7.84. The second-order valence-electron chi connectivity index (χ2n) is 5.53. The average Bonchev–Trinajstić information content (AvgIpc) is 3.16. The Labute approximate surface area is 112 Å². The largest absolute Gasteiger partial charge is 0.345 e. The van der Waals surface area contributed by atoms with Gasteiger partial charge in [0, 0.05) is 18.5 Å². The van der Waals surface area contributed by atoms with Crippen LogP contribution >= 0.6 is 11.3 Å². The van der Waals surface area contributed by atoms with E-state index in [1.54, 1.807) is 11.3 Å². The summed E-state index contributed by atoms with van der Waals surface area (Å²) in [6.07, 6.45) is 8.55. The molecule has 0 aromatic carbocycles. The Morgan fingerprint density at radius 3 is 2.83 bits per heavy atom. The van der Waals surface area contributed by atoms with Gasteiger partial charge in [0.2, 0.25) is 0 Å². The summed E-state index contributed by atoms with van der Waals surface area (Å²) in [7, 11) is 0. The van der Waals surface area contributed by atoms with Crippen LogP contribution in [-0.2, 0) is 0 Å². The van der Waals surface area contributed by atoms with Crippen LogP contribution in [0.1, 0.15) is 66.7 Å². The molecular weight excluding hydrogens is 244 g/mol. The summed E-state index contributed by atoms with van der Waals surface area (Å²) in [5, 5.41) is 1.08. The van der Waals surface area contributed by atoms with Crippen LogP contribution in [0.3, 0.4) is 0 Å². The topological polar surface area (TPSA) is 33.2 Å². The molecule has 0 amide bonds. The molecule has 0 spiro atoms. The van der Waals surface area contributed by atoms with Crippen LogP contribution in [0.2, 0.25) is 0 Å². The maximum atomic E-state index is 11.2. The highest BCUT2D eigenvalue weighted by Crippen LogP contribution is 2.44. The molecule has 1 saturated heterocycles. The lowest BCUT2D eigenvalue weighted by Crippen LogP contribution is -2.32. The van der Waals surface area contributed by atoms with Crippen LogP contribution < -0.4 is 4.90 Å². The van der Waals surface area contributed by atoms with E-state index in [4.69, 9.17) is 4.98 Å². The molecule has 1 aromatic rings. The molecule has 1 aliphatic carbocycles. The van der Waals surface area contributed by atoms with Crippen LogP contribution in [0.4, 0.5) is 5.13 Å². The van der Waals surface area contributed by atoms with Crippen molar-refractivity contribution < 1.29 is 4.79 Å². The highest BCUT2D eigenvalue weighted by atomic mass is 32.1. The summed E-state index contributed by atoms with van der Waals surface area (Å²) in [6, 6.07) is 0.560. The van der Waals surface area contributed by atoms with Gasteiger partial charge in [-0.3, -0.25) is 4.79 Å². The van der Waals surface area contributed by atoms with Gasteiger partial charge in [0.25, 0.3) is 0 Å². The lowest BCUT2D eigenvalue weighted by molar-refractivity contribution is 0.112. The van der Waals surface area contributed by atoms with Gasteiger partial charge in [-0.25, -0.2) is 4.98 Å². The Morgan fingerprint density at radius 2 is 2.11 bits per heavy atom. The zero-order valence-electron chi connectivity index (χ0n) is 10.9. The van der Waals surface area contributed by atoms with Crippen LogP contribution in [0, 0.1) is 0 Å². The minimum Gasteiger partial charge on any atom is -0.345 e. The predicted octanol–water partition coefficient (Wildman–Crippen LogP) is 3.60. The van der Waals surface area contributed by atoms with Crippen molar-refractivity contribution in [2.24, 2.45) is 0 Å². The highest BCUT2D eigenvalue weighted by molar-refractivity contribution is 7.17. The van der Waals surface area contributed by atoms with Crippen molar-refractivity contribution in [3.8, 4) is 0 Å². The standard InChI is InChI=1S/C14H20N2OS/c1-10-5-3-2-4-8-16(10)14-15-13(11-6-7-11)12(9-17)18-14/h9-11H,2-8H2,1H3. The second kappa shape index (κ2) is 5.00. The summed E-state index contributed by atoms with van der Waals surface area (Å²) in [6.45, 7) is 3.38. The van der Waals surface area contributed by atoms with Gasteiger partial charge in [0.15, 0.2) is 11.4 Å². The number of aldehydes is 1. The van der Waals surface area contributed by atoms with Crippen molar-refractivity contribution in [2.75, 3.05) is 11.4 Å². The van der Waals surface area contributed by atoms with E-state index in [0.717, 1.165) is 28.5 Å². The smallest absolute Gasteiger partial charge is 0.186 e. The summed E-state index contributed by atoms with van der Waals surface area (Å²) in [4.78, 5) is 19.2. The number of hydrogen-bond acceptors (Lipinski definition) is 4. The van der Waals surface area contributed by atoms with E-state index >= 15 is 0 Å². The van der Waals surface area contributed by atoms with Crippen LogP contribution in [-0.4, -0.2) is 23.9 Å². The number of rotatable bonds is 3. The van der Waals surface area contributed by atoms with E-state index in [1.807, 2.05) is 0 Å². The molecule has 0 radical (unpaired) electrons. The van der Waals surface area contributed by atoms with Crippen molar-refractivity contribution in [3.05, 3.63) is 10.6 Å². The third-order valence-electron chi connectivity index (χ3n) is 4.04. The lowest BCUT2D eigenvalue weighted by atomic mass is 10.1. The fourth-order valence-electron chi connectivity index (χ4n) is 2.75. The molecule has 2 heterocycles. The molecule has 2 fully saturated rings. The van der Waals surface area contributed by atoms with Crippen LogP contribution in [0.5, 0.6) is 0 Å². The summed E-state index contributed by atoms with van der Waals surface area (Å²) >= 11 is 1.59. The minimum atomic E-state index is 0.560. The van der Waals surface area contributed by atoms with Crippen molar-refractivity contribution in [1.29, 1.82) is 0 Å². The van der Waals surface area contributed by atoms with Gasteiger partial charge in [-0.1, -0.05) is 24.2 Å². The fraction of sp³-hybridized carbons (Fsp3) is 0.714. The van der Waals surface area contributed by atoms with Gasteiger partial charge in [-0.2, -0.15) is 0 Å². The Kier molecular flexibility index (Phi) is 3.37. The predicted molar refractivity (Wildman–Crippen MR) is 74.8 cm³/mol. The molecule has 0 N–H and O–H groups in total.